The Kier molecular flexibility index (Phi) is 7.84. The molecule has 2 atom stereocenters. The van der Waals surface area contributed by atoms with Gasteiger partial charge in [0, 0.05) is 36.0 Å². The molecule has 0 saturated heterocycles. The second-order valence-electron chi connectivity index (χ2n) is 7.51. The summed E-state index contributed by atoms with van der Waals surface area (Å²) in [6.45, 7) is 7.21. The molecule has 3 aromatic rings. The number of benzene rings is 2. The number of carbonyl (C=O) groups excluding carboxylic acids is 1. The van der Waals surface area contributed by atoms with E-state index in [1.807, 2.05) is 74.5 Å². The number of rotatable bonds is 7. The highest BCUT2D eigenvalue weighted by molar-refractivity contribution is 5.83. The molecule has 4 heteroatoms. The number of carbonyl (C=O) groups is 1. The second kappa shape index (κ2) is 11.0. The molecule has 1 aromatic heterocycles. The van der Waals surface area contributed by atoms with E-state index >= 15 is 0 Å². The van der Waals surface area contributed by atoms with Gasteiger partial charge in [-0.1, -0.05) is 30.9 Å². The molecule has 1 amide bonds. The van der Waals surface area contributed by atoms with Gasteiger partial charge in [-0.05, 0) is 73.5 Å². The summed E-state index contributed by atoms with van der Waals surface area (Å²) < 4.78 is 5.91. The Morgan fingerprint density at radius 1 is 0.903 bits per heavy atom. The highest BCUT2D eigenvalue weighted by Gasteiger charge is 2.13. The van der Waals surface area contributed by atoms with Gasteiger partial charge < -0.3 is 10.1 Å². The van der Waals surface area contributed by atoms with E-state index in [4.69, 9.17) is 4.74 Å². The van der Waals surface area contributed by atoms with E-state index in [0.717, 1.165) is 22.4 Å². The number of nitrogens with zero attached hydrogens (tertiary/aromatic N) is 1. The summed E-state index contributed by atoms with van der Waals surface area (Å²) in [7, 11) is 0. The van der Waals surface area contributed by atoms with E-state index in [1.165, 1.54) is 5.56 Å². The molecular weight excluding hydrogens is 384 g/mol. The smallest absolute Gasteiger partial charge is 0.227 e. The minimum absolute atomic E-state index is 0.0406. The van der Waals surface area contributed by atoms with Gasteiger partial charge in [0.05, 0.1) is 12.5 Å². The van der Waals surface area contributed by atoms with Gasteiger partial charge in [-0.25, -0.2) is 0 Å². The molecule has 1 heterocycles. The fraction of sp³-hybridized carbons (Fsp3) is 0.259. The van der Waals surface area contributed by atoms with Crippen molar-refractivity contribution >= 4 is 5.91 Å². The Bertz CT molecular complexity index is 1030. The van der Waals surface area contributed by atoms with Crippen molar-refractivity contribution in [2.75, 3.05) is 13.2 Å². The summed E-state index contributed by atoms with van der Waals surface area (Å²) in [5.41, 5.74) is 4.04. The van der Waals surface area contributed by atoms with Crippen LogP contribution in [0.1, 0.15) is 54.9 Å². The van der Waals surface area contributed by atoms with Crippen LogP contribution in [0, 0.1) is 11.8 Å². The molecule has 0 fully saturated rings. The van der Waals surface area contributed by atoms with E-state index in [1.54, 1.807) is 12.4 Å². The van der Waals surface area contributed by atoms with E-state index < -0.39 is 0 Å². The highest BCUT2D eigenvalue weighted by atomic mass is 16.5. The van der Waals surface area contributed by atoms with Crippen molar-refractivity contribution < 1.29 is 9.53 Å². The number of amides is 1. The van der Waals surface area contributed by atoms with Gasteiger partial charge >= 0.3 is 0 Å². The zero-order chi connectivity index (χ0) is 22.1. The van der Waals surface area contributed by atoms with Gasteiger partial charge in [0.2, 0.25) is 5.91 Å². The maximum atomic E-state index is 12.0. The number of aromatic nitrogens is 1. The van der Waals surface area contributed by atoms with Gasteiger partial charge in [-0.15, -0.1) is 0 Å². The van der Waals surface area contributed by atoms with Crippen LogP contribution in [-0.2, 0) is 4.79 Å². The molecular formula is C27H28N2O2. The van der Waals surface area contributed by atoms with Crippen molar-refractivity contribution in [1.29, 1.82) is 0 Å². The van der Waals surface area contributed by atoms with Crippen LogP contribution >= 0.6 is 0 Å². The summed E-state index contributed by atoms with van der Waals surface area (Å²) in [6.07, 6.45) is 3.60. The number of pyridine rings is 1. The van der Waals surface area contributed by atoms with Crippen LogP contribution in [0.15, 0.2) is 73.1 Å². The van der Waals surface area contributed by atoms with E-state index in [2.05, 4.69) is 29.1 Å². The van der Waals surface area contributed by atoms with Gasteiger partial charge in [0.1, 0.15) is 5.75 Å². The molecule has 0 aliphatic rings. The van der Waals surface area contributed by atoms with Crippen LogP contribution in [0.25, 0.3) is 0 Å². The maximum Gasteiger partial charge on any atom is 0.227 e. The van der Waals surface area contributed by atoms with Gasteiger partial charge in [0.25, 0.3) is 0 Å². The van der Waals surface area contributed by atoms with Crippen LogP contribution in [-0.4, -0.2) is 24.0 Å². The summed E-state index contributed by atoms with van der Waals surface area (Å²) in [6, 6.07) is 19.7. The normalized spacial score (nSPS) is 12.2. The third kappa shape index (κ3) is 6.45. The lowest BCUT2D eigenvalue weighted by atomic mass is 9.99. The molecule has 0 radical (unpaired) electrons. The lowest BCUT2D eigenvalue weighted by Crippen LogP contribution is -2.27. The highest BCUT2D eigenvalue weighted by Crippen LogP contribution is 2.18. The number of nitrogens with one attached hydrogen (secondary N) is 1. The molecule has 158 valence electrons. The fourth-order valence-electron chi connectivity index (χ4n) is 3.12. The Morgan fingerprint density at radius 2 is 1.48 bits per heavy atom. The summed E-state index contributed by atoms with van der Waals surface area (Å²) in [5.74, 6) is 7.35. The van der Waals surface area contributed by atoms with Crippen molar-refractivity contribution in [3.63, 3.8) is 0 Å². The van der Waals surface area contributed by atoms with Crippen LogP contribution in [0.3, 0.4) is 0 Å². The fourth-order valence-corrected chi connectivity index (χ4v) is 3.12. The number of ether oxygens (including phenoxy) is 1. The van der Waals surface area contributed by atoms with E-state index in [0.29, 0.717) is 19.1 Å². The lowest BCUT2D eigenvalue weighted by Gasteiger charge is -2.13. The van der Waals surface area contributed by atoms with Crippen LogP contribution in [0.4, 0.5) is 0 Å². The Labute approximate surface area is 184 Å². The molecule has 4 nitrogen and oxygen atoms in total. The molecule has 0 spiro atoms. The zero-order valence-corrected chi connectivity index (χ0v) is 18.3. The van der Waals surface area contributed by atoms with Crippen molar-refractivity contribution in [2.24, 2.45) is 0 Å². The Balaban J connectivity index is 1.56. The molecule has 0 bridgehead atoms. The first kappa shape index (κ1) is 22.1. The van der Waals surface area contributed by atoms with Crippen molar-refractivity contribution in [3.8, 4) is 17.6 Å². The first-order valence-corrected chi connectivity index (χ1v) is 10.6. The molecule has 0 aliphatic heterocycles. The standard InChI is InChI=1S/C27H28N2O2/c1-4-29-27(30)21(3)25-11-7-22(8-12-25)5-6-23-9-13-26(14-10-23)31-19-20(2)24-15-17-28-18-16-24/h7-18,20-21H,4,19H2,1-3H3,(H,29,30). The number of hydrogen-bond acceptors (Lipinski definition) is 3. The molecule has 2 aromatic carbocycles. The molecule has 3 rings (SSSR count). The zero-order valence-electron chi connectivity index (χ0n) is 18.3. The van der Waals surface area contributed by atoms with Crippen LogP contribution in [0.5, 0.6) is 5.75 Å². The van der Waals surface area contributed by atoms with Gasteiger partial charge in [0.15, 0.2) is 0 Å². The third-order valence-corrected chi connectivity index (χ3v) is 5.14. The van der Waals surface area contributed by atoms with Crippen molar-refractivity contribution in [3.05, 3.63) is 95.3 Å². The summed E-state index contributed by atoms with van der Waals surface area (Å²) >= 11 is 0. The largest absolute Gasteiger partial charge is 0.493 e. The summed E-state index contributed by atoms with van der Waals surface area (Å²) in [5, 5.41) is 2.85. The van der Waals surface area contributed by atoms with E-state index in [-0.39, 0.29) is 11.8 Å². The number of hydrogen-bond donors (Lipinski definition) is 1. The molecule has 2 unspecified atom stereocenters. The molecule has 1 N–H and O–H groups in total. The van der Waals surface area contributed by atoms with E-state index in [9.17, 15) is 4.79 Å². The Hall–Kier alpha value is -3.58. The van der Waals surface area contributed by atoms with Crippen LogP contribution in [0.2, 0.25) is 0 Å². The first-order chi connectivity index (χ1) is 15.1. The molecule has 0 saturated carbocycles. The summed E-state index contributed by atoms with van der Waals surface area (Å²) in [4.78, 5) is 16.0. The minimum Gasteiger partial charge on any atom is -0.493 e. The predicted molar refractivity (Wildman–Crippen MR) is 124 cm³/mol. The second-order valence-corrected chi connectivity index (χ2v) is 7.51. The maximum absolute atomic E-state index is 12.0. The third-order valence-electron chi connectivity index (χ3n) is 5.14. The topological polar surface area (TPSA) is 51.2 Å². The first-order valence-electron chi connectivity index (χ1n) is 10.6. The lowest BCUT2D eigenvalue weighted by molar-refractivity contribution is -0.122. The number of likely N-dealkylation sites (N-methyl/N-ethyl adjacent to an activating group) is 1. The molecule has 0 aliphatic carbocycles. The van der Waals surface area contributed by atoms with Crippen LogP contribution < -0.4 is 10.1 Å². The predicted octanol–water partition coefficient (Wildman–Crippen LogP) is 4.90. The van der Waals surface area contributed by atoms with Crippen molar-refractivity contribution in [2.45, 2.75) is 32.6 Å². The average Bonchev–Trinajstić information content (AvgIpc) is 2.82. The monoisotopic (exact) mass is 412 g/mol. The SMILES string of the molecule is CCNC(=O)C(C)c1ccc(C#Cc2ccc(OCC(C)c3ccncc3)cc2)cc1. The van der Waals surface area contributed by atoms with Gasteiger partial charge in [-0.3, -0.25) is 9.78 Å². The minimum atomic E-state index is -0.171. The quantitative estimate of drug-likeness (QED) is 0.562. The Morgan fingerprint density at radius 3 is 2.06 bits per heavy atom. The van der Waals surface area contributed by atoms with Gasteiger partial charge in [-0.2, -0.15) is 0 Å². The average molecular weight is 413 g/mol. The van der Waals surface area contributed by atoms with Crippen molar-refractivity contribution in [1.82, 2.24) is 10.3 Å². The molecule has 31 heavy (non-hydrogen) atoms.